The number of nitrogens with zero attached hydrogens (tertiary/aromatic N) is 3. The van der Waals surface area contributed by atoms with Gasteiger partial charge in [0.25, 0.3) is 5.91 Å². The maximum atomic E-state index is 12.5. The molecule has 23 heavy (non-hydrogen) atoms. The highest BCUT2D eigenvalue weighted by Gasteiger charge is 2.42. The van der Waals surface area contributed by atoms with Crippen molar-refractivity contribution in [3.63, 3.8) is 0 Å². The van der Waals surface area contributed by atoms with Crippen molar-refractivity contribution >= 4 is 5.91 Å². The minimum absolute atomic E-state index is 0.0455. The highest BCUT2D eigenvalue weighted by Crippen LogP contribution is 2.34. The molecule has 1 aromatic rings. The molecule has 2 saturated heterocycles. The Morgan fingerprint density at radius 3 is 2.87 bits per heavy atom. The van der Waals surface area contributed by atoms with Gasteiger partial charge in [0.05, 0.1) is 18.3 Å². The van der Waals surface area contributed by atoms with Crippen LogP contribution in [-0.4, -0.2) is 58.7 Å². The van der Waals surface area contributed by atoms with Crippen LogP contribution in [0, 0.1) is 5.92 Å². The molecule has 0 radical (unpaired) electrons. The van der Waals surface area contributed by atoms with Crippen molar-refractivity contribution in [2.75, 3.05) is 19.7 Å². The molecule has 0 aromatic carbocycles. The van der Waals surface area contributed by atoms with E-state index in [1.54, 1.807) is 12.4 Å². The van der Waals surface area contributed by atoms with E-state index in [2.05, 4.69) is 20.2 Å². The van der Waals surface area contributed by atoms with Crippen LogP contribution >= 0.6 is 0 Å². The SMILES string of the molecule is O=C(N[C@@H]1CN(C2CCC2)C[C@@H]2CCCO[C@@H]21)c1cnccn1. The molecule has 1 aromatic heterocycles. The Labute approximate surface area is 136 Å². The second-order valence-corrected chi connectivity index (χ2v) is 6.95. The summed E-state index contributed by atoms with van der Waals surface area (Å²) < 4.78 is 6.03. The number of likely N-dealkylation sites (tertiary alicyclic amines) is 1. The number of ether oxygens (including phenoxy) is 1. The van der Waals surface area contributed by atoms with Crippen molar-refractivity contribution in [1.29, 1.82) is 0 Å². The zero-order valence-electron chi connectivity index (χ0n) is 13.4. The molecule has 6 heteroatoms. The lowest BCUT2D eigenvalue weighted by Crippen LogP contribution is -2.63. The van der Waals surface area contributed by atoms with E-state index < -0.39 is 0 Å². The molecule has 1 saturated carbocycles. The maximum Gasteiger partial charge on any atom is 0.271 e. The molecular weight excluding hydrogens is 292 g/mol. The predicted octanol–water partition coefficient (Wildman–Crippen LogP) is 1.24. The lowest BCUT2D eigenvalue weighted by molar-refractivity contribution is -0.0957. The van der Waals surface area contributed by atoms with E-state index in [0.717, 1.165) is 26.1 Å². The van der Waals surface area contributed by atoms with Gasteiger partial charge in [-0.05, 0) is 31.6 Å². The van der Waals surface area contributed by atoms with Crippen LogP contribution in [0.1, 0.15) is 42.6 Å². The van der Waals surface area contributed by atoms with Gasteiger partial charge in [0, 0.05) is 38.1 Å². The molecule has 3 atom stereocenters. The standard InChI is InChI=1S/C17H24N4O2/c22-17(14-9-18-6-7-19-14)20-15-11-21(13-4-1-5-13)10-12-3-2-8-23-16(12)15/h6-7,9,12-13,15-16H,1-5,8,10-11H2,(H,20,22)/t12-,15+,16-/m0/s1. The van der Waals surface area contributed by atoms with E-state index in [4.69, 9.17) is 4.74 Å². The lowest BCUT2D eigenvalue weighted by atomic mass is 9.82. The quantitative estimate of drug-likeness (QED) is 0.909. The van der Waals surface area contributed by atoms with Crippen LogP contribution in [0.2, 0.25) is 0 Å². The normalized spacial score (nSPS) is 31.9. The summed E-state index contributed by atoms with van der Waals surface area (Å²) in [5.74, 6) is 0.386. The van der Waals surface area contributed by atoms with E-state index in [0.29, 0.717) is 17.7 Å². The molecule has 4 rings (SSSR count). The maximum absolute atomic E-state index is 12.5. The highest BCUT2D eigenvalue weighted by molar-refractivity contribution is 5.92. The van der Waals surface area contributed by atoms with Crippen molar-refractivity contribution < 1.29 is 9.53 Å². The van der Waals surface area contributed by atoms with Crippen LogP contribution in [0.5, 0.6) is 0 Å². The largest absolute Gasteiger partial charge is 0.376 e. The Morgan fingerprint density at radius 1 is 1.22 bits per heavy atom. The first kappa shape index (κ1) is 15.0. The summed E-state index contributed by atoms with van der Waals surface area (Å²) in [5.41, 5.74) is 0.376. The fourth-order valence-electron chi connectivity index (χ4n) is 4.07. The lowest BCUT2D eigenvalue weighted by Gasteiger charge is -2.50. The summed E-state index contributed by atoms with van der Waals surface area (Å²) in [4.78, 5) is 23.1. The van der Waals surface area contributed by atoms with E-state index in [1.807, 2.05) is 0 Å². The summed E-state index contributed by atoms with van der Waals surface area (Å²) in [7, 11) is 0. The summed E-state index contributed by atoms with van der Waals surface area (Å²) >= 11 is 0. The fraction of sp³-hybridized carbons (Fsp3) is 0.706. The Hall–Kier alpha value is -1.53. The van der Waals surface area contributed by atoms with Gasteiger partial charge >= 0.3 is 0 Å². The number of aromatic nitrogens is 2. The van der Waals surface area contributed by atoms with Gasteiger partial charge in [-0.15, -0.1) is 0 Å². The van der Waals surface area contributed by atoms with Gasteiger partial charge in [0.1, 0.15) is 5.69 Å². The monoisotopic (exact) mass is 316 g/mol. The van der Waals surface area contributed by atoms with Crippen molar-refractivity contribution in [2.45, 2.75) is 50.3 Å². The molecule has 1 amide bonds. The van der Waals surface area contributed by atoms with Crippen molar-refractivity contribution in [1.82, 2.24) is 20.2 Å². The van der Waals surface area contributed by atoms with E-state index >= 15 is 0 Å². The van der Waals surface area contributed by atoms with Gasteiger partial charge in [-0.25, -0.2) is 4.98 Å². The van der Waals surface area contributed by atoms with Crippen LogP contribution in [0.15, 0.2) is 18.6 Å². The molecule has 3 heterocycles. The van der Waals surface area contributed by atoms with Gasteiger partial charge in [0.2, 0.25) is 0 Å². The van der Waals surface area contributed by atoms with E-state index in [9.17, 15) is 4.79 Å². The second-order valence-electron chi connectivity index (χ2n) is 6.95. The number of carbonyl (C=O) groups is 1. The molecule has 6 nitrogen and oxygen atoms in total. The molecule has 1 aliphatic carbocycles. The average molecular weight is 316 g/mol. The Morgan fingerprint density at radius 2 is 2.13 bits per heavy atom. The first-order valence-electron chi connectivity index (χ1n) is 8.74. The number of hydrogen-bond donors (Lipinski definition) is 1. The molecule has 3 fully saturated rings. The number of nitrogens with one attached hydrogen (secondary N) is 1. The summed E-state index contributed by atoms with van der Waals surface area (Å²) in [6, 6.07) is 0.748. The fourth-order valence-corrected chi connectivity index (χ4v) is 4.07. The van der Waals surface area contributed by atoms with Crippen LogP contribution < -0.4 is 5.32 Å². The van der Waals surface area contributed by atoms with Gasteiger partial charge in [-0.2, -0.15) is 0 Å². The smallest absolute Gasteiger partial charge is 0.271 e. The van der Waals surface area contributed by atoms with E-state index in [-0.39, 0.29) is 18.1 Å². The Kier molecular flexibility index (Phi) is 4.27. The van der Waals surface area contributed by atoms with Crippen molar-refractivity contribution in [2.24, 2.45) is 5.92 Å². The van der Waals surface area contributed by atoms with Crippen molar-refractivity contribution in [3.8, 4) is 0 Å². The Balaban J connectivity index is 1.48. The van der Waals surface area contributed by atoms with Crippen molar-refractivity contribution in [3.05, 3.63) is 24.3 Å². The number of fused-ring (bicyclic) bond motifs is 1. The van der Waals surface area contributed by atoms with Crippen LogP contribution in [-0.2, 0) is 4.74 Å². The van der Waals surface area contributed by atoms with Crippen LogP contribution in [0.25, 0.3) is 0 Å². The zero-order chi connectivity index (χ0) is 15.6. The molecule has 3 aliphatic rings. The number of piperidine rings is 1. The third kappa shape index (κ3) is 3.10. The molecular formula is C17H24N4O2. The number of rotatable bonds is 3. The molecule has 1 N–H and O–H groups in total. The van der Waals surface area contributed by atoms with Crippen LogP contribution in [0.3, 0.4) is 0 Å². The van der Waals surface area contributed by atoms with Gasteiger partial charge in [-0.1, -0.05) is 6.42 Å². The average Bonchev–Trinajstić information content (AvgIpc) is 2.54. The molecule has 0 unspecified atom stereocenters. The minimum atomic E-state index is -0.147. The first-order valence-corrected chi connectivity index (χ1v) is 8.74. The number of carbonyl (C=O) groups excluding carboxylic acids is 1. The second kappa shape index (κ2) is 6.53. The third-order valence-electron chi connectivity index (χ3n) is 5.49. The first-order chi connectivity index (χ1) is 11.3. The van der Waals surface area contributed by atoms with Crippen LogP contribution in [0.4, 0.5) is 0 Å². The predicted molar refractivity (Wildman–Crippen MR) is 85.0 cm³/mol. The minimum Gasteiger partial charge on any atom is -0.376 e. The molecule has 124 valence electrons. The zero-order valence-corrected chi connectivity index (χ0v) is 13.4. The van der Waals surface area contributed by atoms with Gasteiger partial charge < -0.3 is 10.1 Å². The third-order valence-corrected chi connectivity index (χ3v) is 5.49. The topological polar surface area (TPSA) is 67.4 Å². The number of amides is 1. The summed E-state index contributed by atoms with van der Waals surface area (Å²) in [6.07, 6.45) is 11.0. The molecule has 0 spiro atoms. The molecule has 0 bridgehead atoms. The summed E-state index contributed by atoms with van der Waals surface area (Å²) in [6.45, 7) is 2.81. The molecule has 2 aliphatic heterocycles. The summed E-state index contributed by atoms with van der Waals surface area (Å²) in [5, 5.41) is 3.16. The highest BCUT2D eigenvalue weighted by atomic mass is 16.5. The Bertz CT molecular complexity index is 549. The van der Waals surface area contributed by atoms with Gasteiger partial charge in [0.15, 0.2) is 0 Å². The van der Waals surface area contributed by atoms with Gasteiger partial charge in [-0.3, -0.25) is 14.7 Å². The van der Waals surface area contributed by atoms with E-state index in [1.165, 1.54) is 31.9 Å². The number of hydrogen-bond acceptors (Lipinski definition) is 5.